The highest BCUT2D eigenvalue weighted by molar-refractivity contribution is 6.22. The van der Waals surface area contributed by atoms with Crippen molar-refractivity contribution >= 4 is 17.7 Å². The summed E-state index contributed by atoms with van der Waals surface area (Å²) in [6, 6.07) is 15.3. The van der Waals surface area contributed by atoms with Crippen LogP contribution >= 0.6 is 0 Å². The summed E-state index contributed by atoms with van der Waals surface area (Å²) in [5, 5.41) is 2.90. The monoisotopic (exact) mass is 364 g/mol. The number of hydrogen-bond donors (Lipinski definition) is 1. The number of benzene rings is 2. The Morgan fingerprint density at radius 3 is 2.11 bits per heavy atom. The first-order valence-corrected chi connectivity index (χ1v) is 9.42. The fourth-order valence-corrected chi connectivity index (χ4v) is 3.33. The molecule has 0 saturated carbocycles. The lowest BCUT2D eigenvalue weighted by Gasteiger charge is -2.25. The molecule has 5 heteroatoms. The Morgan fingerprint density at radius 1 is 0.926 bits per heavy atom. The highest BCUT2D eigenvalue weighted by Crippen LogP contribution is 2.26. The van der Waals surface area contributed by atoms with Crippen LogP contribution in [-0.2, 0) is 11.2 Å². The second-order valence-corrected chi connectivity index (χ2v) is 6.73. The van der Waals surface area contributed by atoms with E-state index < -0.39 is 17.9 Å². The van der Waals surface area contributed by atoms with Gasteiger partial charge in [0.05, 0.1) is 11.1 Å². The van der Waals surface area contributed by atoms with Gasteiger partial charge in [-0.05, 0) is 24.1 Å². The molecule has 0 fully saturated rings. The van der Waals surface area contributed by atoms with Crippen LogP contribution in [0.15, 0.2) is 54.6 Å². The number of nitrogens with zero attached hydrogens (tertiary/aromatic N) is 1. The van der Waals surface area contributed by atoms with Crippen molar-refractivity contribution < 1.29 is 14.4 Å². The molecule has 0 bridgehead atoms. The van der Waals surface area contributed by atoms with Crippen LogP contribution in [-0.4, -0.2) is 35.2 Å². The van der Waals surface area contributed by atoms with Crippen LogP contribution in [0.3, 0.4) is 0 Å². The van der Waals surface area contributed by atoms with E-state index in [-0.39, 0.29) is 5.91 Å². The van der Waals surface area contributed by atoms with Gasteiger partial charge in [0.25, 0.3) is 11.8 Å². The van der Waals surface area contributed by atoms with E-state index in [4.69, 9.17) is 0 Å². The van der Waals surface area contributed by atoms with E-state index in [9.17, 15) is 14.4 Å². The first-order valence-electron chi connectivity index (χ1n) is 9.42. The van der Waals surface area contributed by atoms with E-state index in [0.717, 1.165) is 29.7 Å². The number of carbonyl (C=O) groups excluding carboxylic acids is 3. The van der Waals surface area contributed by atoms with Crippen LogP contribution in [0.5, 0.6) is 0 Å². The maximum atomic E-state index is 12.9. The summed E-state index contributed by atoms with van der Waals surface area (Å²) in [4.78, 5) is 39.7. The Hall–Kier alpha value is -2.95. The molecule has 1 N–H and O–H groups in total. The maximum absolute atomic E-state index is 12.9. The summed E-state index contributed by atoms with van der Waals surface area (Å²) < 4.78 is 0. The standard InChI is InChI=1S/C22H24N2O3/c1-2-3-9-14-23-20(25)19(15-16-10-5-4-6-11-16)24-21(26)17-12-7-8-13-18(17)22(24)27/h4-8,10-13,19H,2-3,9,14-15H2,1H3,(H,23,25). The van der Waals surface area contributed by atoms with Gasteiger partial charge in [-0.1, -0.05) is 62.2 Å². The van der Waals surface area contributed by atoms with Crippen LogP contribution in [0.2, 0.25) is 0 Å². The molecule has 1 heterocycles. The molecule has 0 aromatic heterocycles. The lowest BCUT2D eigenvalue weighted by atomic mass is 10.0. The average molecular weight is 364 g/mol. The van der Waals surface area contributed by atoms with Gasteiger partial charge in [-0.25, -0.2) is 0 Å². The van der Waals surface area contributed by atoms with E-state index >= 15 is 0 Å². The molecule has 27 heavy (non-hydrogen) atoms. The summed E-state index contributed by atoms with van der Waals surface area (Å²) in [5.41, 5.74) is 1.63. The molecule has 1 aliphatic rings. The van der Waals surface area contributed by atoms with Crippen molar-refractivity contribution in [2.75, 3.05) is 6.54 Å². The molecule has 0 aliphatic carbocycles. The molecule has 0 spiro atoms. The lowest BCUT2D eigenvalue weighted by Crippen LogP contribution is -2.50. The van der Waals surface area contributed by atoms with Crippen LogP contribution in [0.25, 0.3) is 0 Å². The average Bonchev–Trinajstić information content (AvgIpc) is 2.95. The highest BCUT2D eigenvalue weighted by Gasteiger charge is 2.42. The Labute approximate surface area is 159 Å². The van der Waals surface area contributed by atoms with Crippen molar-refractivity contribution in [2.24, 2.45) is 0 Å². The first kappa shape index (κ1) is 18.8. The Balaban J connectivity index is 1.84. The zero-order valence-electron chi connectivity index (χ0n) is 15.5. The SMILES string of the molecule is CCCCCNC(=O)C(Cc1ccccc1)N1C(=O)c2ccccc2C1=O. The molecule has 140 valence electrons. The molecule has 2 aromatic carbocycles. The molecule has 0 saturated heterocycles. The minimum Gasteiger partial charge on any atom is -0.354 e. The number of carbonyl (C=O) groups is 3. The molecule has 3 amide bonds. The van der Waals surface area contributed by atoms with Crippen LogP contribution in [0, 0.1) is 0 Å². The van der Waals surface area contributed by atoms with E-state index in [2.05, 4.69) is 12.2 Å². The van der Waals surface area contributed by atoms with Crippen molar-refractivity contribution in [1.29, 1.82) is 0 Å². The van der Waals surface area contributed by atoms with Gasteiger partial charge in [0.2, 0.25) is 5.91 Å². The number of nitrogens with one attached hydrogen (secondary N) is 1. The topological polar surface area (TPSA) is 66.5 Å². The Kier molecular flexibility index (Phi) is 6.01. The van der Waals surface area contributed by atoms with E-state index in [1.54, 1.807) is 24.3 Å². The van der Waals surface area contributed by atoms with Crippen molar-refractivity contribution in [1.82, 2.24) is 10.2 Å². The van der Waals surface area contributed by atoms with E-state index in [1.165, 1.54) is 0 Å². The predicted octanol–water partition coefficient (Wildman–Crippen LogP) is 3.20. The first-order chi connectivity index (χ1) is 13.1. The molecule has 2 aromatic rings. The minimum atomic E-state index is -0.860. The Bertz CT molecular complexity index is 797. The molecule has 1 unspecified atom stereocenters. The molecule has 5 nitrogen and oxygen atoms in total. The quantitative estimate of drug-likeness (QED) is 0.578. The molecule has 1 atom stereocenters. The van der Waals surface area contributed by atoms with Gasteiger partial charge in [0.1, 0.15) is 6.04 Å². The van der Waals surface area contributed by atoms with E-state index in [1.807, 2.05) is 30.3 Å². The highest BCUT2D eigenvalue weighted by atomic mass is 16.2. The van der Waals surface area contributed by atoms with Crippen molar-refractivity contribution in [3.05, 3.63) is 71.3 Å². The number of imide groups is 1. The van der Waals surface area contributed by atoms with Gasteiger partial charge in [0.15, 0.2) is 0 Å². The van der Waals surface area contributed by atoms with Crippen LogP contribution in [0.4, 0.5) is 0 Å². The minimum absolute atomic E-state index is 0.288. The van der Waals surface area contributed by atoms with Gasteiger partial charge in [-0.15, -0.1) is 0 Å². The largest absolute Gasteiger partial charge is 0.354 e. The number of hydrogen-bond acceptors (Lipinski definition) is 3. The van der Waals surface area contributed by atoms with E-state index in [0.29, 0.717) is 24.1 Å². The third kappa shape index (κ3) is 4.08. The normalized spacial score (nSPS) is 14.2. The number of rotatable bonds is 8. The van der Waals surface area contributed by atoms with Gasteiger partial charge >= 0.3 is 0 Å². The van der Waals surface area contributed by atoms with Gasteiger partial charge in [-0.2, -0.15) is 0 Å². The molecular formula is C22H24N2O3. The van der Waals surface area contributed by atoms with Crippen molar-refractivity contribution in [3.8, 4) is 0 Å². The maximum Gasteiger partial charge on any atom is 0.262 e. The molecule has 0 radical (unpaired) electrons. The lowest BCUT2D eigenvalue weighted by molar-refractivity contribution is -0.125. The summed E-state index contributed by atoms with van der Waals surface area (Å²) in [7, 11) is 0. The smallest absolute Gasteiger partial charge is 0.262 e. The third-order valence-corrected chi connectivity index (χ3v) is 4.79. The molecular weight excluding hydrogens is 340 g/mol. The van der Waals surface area contributed by atoms with Crippen molar-refractivity contribution in [2.45, 2.75) is 38.6 Å². The third-order valence-electron chi connectivity index (χ3n) is 4.79. The molecule has 3 rings (SSSR count). The fourth-order valence-electron chi connectivity index (χ4n) is 3.33. The van der Waals surface area contributed by atoms with Gasteiger partial charge in [0, 0.05) is 13.0 Å². The van der Waals surface area contributed by atoms with Crippen LogP contribution in [0.1, 0.15) is 52.5 Å². The fraction of sp³-hybridized carbons (Fsp3) is 0.318. The van der Waals surface area contributed by atoms with Crippen LogP contribution < -0.4 is 5.32 Å². The number of fused-ring (bicyclic) bond motifs is 1. The van der Waals surface area contributed by atoms with Crippen molar-refractivity contribution in [3.63, 3.8) is 0 Å². The number of amides is 3. The predicted molar refractivity (Wildman–Crippen MR) is 103 cm³/mol. The zero-order valence-corrected chi connectivity index (χ0v) is 15.5. The van der Waals surface area contributed by atoms with Gasteiger partial charge in [-0.3, -0.25) is 19.3 Å². The molecule has 1 aliphatic heterocycles. The van der Waals surface area contributed by atoms with Gasteiger partial charge < -0.3 is 5.32 Å². The number of unbranched alkanes of at least 4 members (excludes halogenated alkanes) is 2. The second-order valence-electron chi connectivity index (χ2n) is 6.73. The summed E-state index contributed by atoms with van der Waals surface area (Å²) in [6.45, 7) is 2.64. The second kappa shape index (κ2) is 8.62. The Morgan fingerprint density at radius 2 is 1.52 bits per heavy atom. The summed E-state index contributed by atoms with van der Waals surface area (Å²) >= 11 is 0. The summed E-state index contributed by atoms with van der Waals surface area (Å²) in [5.74, 6) is -1.09. The zero-order chi connectivity index (χ0) is 19.2. The summed E-state index contributed by atoms with van der Waals surface area (Å²) in [6.07, 6.45) is 3.26.